The van der Waals surface area contributed by atoms with Gasteiger partial charge in [-0.25, -0.2) is 9.97 Å². The number of hydrogen-bond donors (Lipinski definition) is 3. The van der Waals surface area contributed by atoms with Crippen molar-refractivity contribution in [2.75, 3.05) is 42.3 Å². The molecular weight excluding hydrogens is 518 g/mol. The molecule has 1 aliphatic rings. The van der Waals surface area contributed by atoms with Crippen LogP contribution in [0, 0.1) is 0 Å². The van der Waals surface area contributed by atoms with E-state index < -0.39 is 0 Å². The fourth-order valence-corrected chi connectivity index (χ4v) is 4.72. The number of ether oxygens (including phenoxy) is 1. The maximum Gasteiger partial charge on any atom is 0.255 e. The highest BCUT2D eigenvalue weighted by molar-refractivity contribution is 6.05. The van der Waals surface area contributed by atoms with Crippen molar-refractivity contribution < 1.29 is 14.6 Å². The number of anilines is 3. The van der Waals surface area contributed by atoms with E-state index in [0.29, 0.717) is 53.7 Å². The second-order valence-electron chi connectivity index (χ2n) is 11.0. The van der Waals surface area contributed by atoms with E-state index in [2.05, 4.69) is 50.9 Å². The smallest absolute Gasteiger partial charge is 0.255 e. The Bertz CT molecular complexity index is 1510. The van der Waals surface area contributed by atoms with Gasteiger partial charge >= 0.3 is 0 Å². The number of hydrogen-bond acceptors (Lipinski definition) is 9. The summed E-state index contributed by atoms with van der Waals surface area (Å²) in [6, 6.07) is 16.8. The summed E-state index contributed by atoms with van der Waals surface area (Å²) in [7, 11) is 0. The zero-order chi connectivity index (χ0) is 29.0. The number of nitrogens with zero attached hydrogens (tertiary/aromatic N) is 5. The van der Waals surface area contributed by atoms with E-state index in [0.717, 1.165) is 30.0 Å². The van der Waals surface area contributed by atoms with Gasteiger partial charge in [0, 0.05) is 48.1 Å². The third-order valence-corrected chi connectivity index (χ3v) is 7.04. The molecule has 41 heavy (non-hydrogen) atoms. The summed E-state index contributed by atoms with van der Waals surface area (Å²) in [6.07, 6.45) is 2.22. The SMILES string of the molecule is CC(C)(C)c1ccc(C(=O)Nc2cccc(-c3nc(N)nc(Cc4ccc(N5CCOCC5)nc4)n3)c2CO)cc1. The highest BCUT2D eigenvalue weighted by atomic mass is 16.5. The third kappa shape index (κ3) is 6.67. The second-order valence-corrected chi connectivity index (χ2v) is 11.0. The summed E-state index contributed by atoms with van der Waals surface area (Å²) in [5, 5.41) is 13.2. The number of nitrogens with one attached hydrogen (secondary N) is 1. The van der Waals surface area contributed by atoms with Crippen LogP contribution >= 0.6 is 0 Å². The minimum atomic E-state index is -0.331. The van der Waals surface area contributed by atoms with Crippen LogP contribution in [0.3, 0.4) is 0 Å². The highest BCUT2D eigenvalue weighted by Crippen LogP contribution is 2.29. The van der Waals surface area contributed by atoms with Crippen molar-refractivity contribution in [3.8, 4) is 11.4 Å². The Morgan fingerprint density at radius 3 is 2.44 bits per heavy atom. The average Bonchev–Trinajstić information content (AvgIpc) is 2.97. The van der Waals surface area contributed by atoms with Gasteiger partial charge < -0.3 is 25.8 Å². The van der Waals surface area contributed by atoms with Gasteiger partial charge in [-0.15, -0.1) is 0 Å². The number of rotatable bonds is 7. The van der Waals surface area contributed by atoms with Crippen LogP contribution in [0.15, 0.2) is 60.8 Å². The van der Waals surface area contributed by atoms with E-state index in [1.54, 1.807) is 30.3 Å². The van der Waals surface area contributed by atoms with E-state index in [4.69, 9.17) is 10.5 Å². The zero-order valence-electron chi connectivity index (χ0n) is 23.6. The van der Waals surface area contributed by atoms with E-state index in [-0.39, 0.29) is 23.9 Å². The van der Waals surface area contributed by atoms with Crippen LogP contribution in [0.4, 0.5) is 17.5 Å². The molecule has 0 radical (unpaired) electrons. The number of benzene rings is 2. The van der Waals surface area contributed by atoms with Gasteiger partial charge in [0.05, 0.1) is 19.8 Å². The Balaban J connectivity index is 1.36. The Labute approximate surface area is 239 Å². The molecule has 2 aromatic heterocycles. The first-order valence-electron chi connectivity index (χ1n) is 13.6. The van der Waals surface area contributed by atoms with E-state index in [9.17, 15) is 9.90 Å². The number of aromatic nitrogens is 4. The predicted octanol–water partition coefficient (Wildman–Crippen LogP) is 3.99. The highest BCUT2D eigenvalue weighted by Gasteiger charge is 2.18. The fraction of sp³-hybridized carbons (Fsp3) is 0.323. The summed E-state index contributed by atoms with van der Waals surface area (Å²) in [6.45, 7) is 9.07. The number of carbonyl (C=O) groups excluding carboxylic acids is 1. The van der Waals surface area contributed by atoms with Crippen LogP contribution in [0.2, 0.25) is 0 Å². The number of aliphatic hydroxyl groups is 1. The average molecular weight is 554 g/mol. The molecule has 1 fully saturated rings. The minimum absolute atomic E-state index is 0.0124. The Kier molecular flexibility index (Phi) is 8.23. The Hall–Kier alpha value is -4.41. The summed E-state index contributed by atoms with van der Waals surface area (Å²) in [5.74, 6) is 1.50. The van der Waals surface area contributed by atoms with Gasteiger partial charge in [-0.2, -0.15) is 9.97 Å². The normalized spacial score (nSPS) is 13.7. The van der Waals surface area contributed by atoms with E-state index >= 15 is 0 Å². The van der Waals surface area contributed by atoms with Crippen molar-refractivity contribution in [2.45, 2.75) is 39.2 Å². The van der Waals surface area contributed by atoms with Crippen LogP contribution in [-0.2, 0) is 23.2 Å². The van der Waals surface area contributed by atoms with Crippen LogP contribution in [0.25, 0.3) is 11.4 Å². The first kappa shape index (κ1) is 28.1. The number of nitrogen functional groups attached to an aromatic ring is 1. The topological polar surface area (TPSA) is 139 Å². The standard InChI is InChI=1S/C31H35N7O3/c1-31(2,3)22-10-8-21(9-11-22)29(40)34-25-6-4-5-23(24(25)19-39)28-35-26(36-30(32)37-28)17-20-7-12-27(33-18-20)38-13-15-41-16-14-38/h4-12,18,39H,13-17,19H2,1-3H3,(H,34,40)(H2,32,35,36,37). The largest absolute Gasteiger partial charge is 0.392 e. The van der Waals surface area contributed by atoms with Gasteiger partial charge in [-0.3, -0.25) is 4.79 Å². The Morgan fingerprint density at radius 1 is 1.02 bits per heavy atom. The number of aliphatic hydroxyl groups excluding tert-OH is 1. The molecule has 212 valence electrons. The summed E-state index contributed by atoms with van der Waals surface area (Å²) >= 11 is 0. The van der Waals surface area contributed by atoms with Crippen LogP contribution in [0.5, 0.6) is 0 Å². The van der Waals surface area contributed by atoms with Crippen molar-refractivity contribution in [3.63, 3.8) is 0 Å². The molecule has 0 saturated carbocycles. The third-order valence-electron chi connectivity index (χ3n) is 7.04. The molecule has 1 saturated heterocycles. The van der Waals surface area contributed by atoms with E-state index in [1.807, 2.05) is 30.5 Å². The second kappa shape index (κ2) is 12.0. The van der Waals surface area contributed by atoms with Gasteiger partial charge in [0.2, 0.25) is 5.95 Å². The van der Waals surface area contributed by atoms with E-state index in [1.165, 1.54) is 0 Å². The number of carbonyl (C=O) groups is 1. The van der Waals surface area contributed by atoms with Crippen molar-refractivity contribution in [1.29, 1.82) is 0 Å². The molecule has 4 N–H and O–H groups in total. The molecule has 10 nitrogen and oxygen atoms in total. The molecule has 0 spiro atoms. The van der Waals surface area contributed by atoms with Crippen molar-refractivity contribution >= 4 is 23.4 Å². The lowest BCUT2D eigenvalue weighted by atomic mass is 9.86. The van der Waals surface area contributed by atoms with Crippen LogP contribution in [-0.4, -0.2) is 57.3 Å². The van der Waals surface area contributed by atoms with Gasteiger partial charge in [0.15, 0.2) is 5.82 Å². The zero-order valence-corrected chi connectivity index (χ0v) is 23.6. The molecule has 10 heteroatoms. The fourth-order valence-electron chi connectivity index (χ4n) is 4.72. The molecular formula is C31H35N7O3. The molecule has 0 bridgehead atoms. The van der Waals surface area contributed by atoms with Gasteiger partial charge in [0.25, 0.3) is 5.91 Å². The first-order chi connectivity index (χ1) is 19.7. The summed E-state index contributed by atoms with van der Waals surface area (Å²) in [5.41, 5.74) is 10.2. The maximum absolute atomic E-state index is 13.1. The molecule has 5 rings (SSSR count). The van der Waals surface area contributed by atoms with Crippen LogP contribution < -0.4 is 16.0 Å². The molecule has 2 aromatic carbocycles. The molecule has 0 atom stereocenters. The van der Waals surface area contributed by atoms with Crippen LogP contribution in [0.1, 0.15) is 53.6 Å². The first-order valence-corrected chi connectivity index (χ1v) is 13.6. The van der Waals surface area contributed by atoms with Gasteiger partial charge in [0.1, 0.15) is 11.6 Å². The lowest BCUT2D eigenvalue weighted by Gasteiger charge is -2.27. The number of nitrogens with two attached hydrogens (primary N) is 1. The molecule has 3 heterocycles. The summed E-state index contributed by atoms with van der Waals surface area (Å²) in [4.78, 5) is 33.2. The molecule has 4 aromatic rings. The van der Waals surface area contributed by atoms with Crippen molar-refractivity contribution in [2.24, 2.45) is 0 Å². The molecule has 0 aliphatic carbocycles. The summed E-state index contributed by atoms with van der Waals surface area (Å²) < 4.78 is 5.42. The minimum Gasteiger partial charge on any atom is -0.392 e. The Morgan fingerprint density at radius 2 is 1.78 bits per heavy atom. The lowest BCUT2D eigenvalue weighted by molar-refractivity contribution is 0.102. The number of morpholine rings is 1. The van der Waals surface area contributed by atoms with Gasteiger partial charge in [-0.1, -0.05) is 51.1 Å². The monoisotopic (exact) mass is 553 g/mol. The molecule has 1 aliphatic heterocycles. The number of amides is 1. The molecule has 1 amide bonds. The van der Waals surface area contributed by atoms with Gasteiger partial charge in [-0.05, 0) is 40.8 Å². The quantitative estimate of drug-likeness (QED) is 0.310. The molecule has 0 unspecified atom stereocenters. The lowest BCUT2D eigenvalue weighted by Crippen LogP contribution is -2.36. The number of pyridine rings is 1. The van der Waals surface area contributed by atoms with Crippen molar-refractivity contribution in [1.82, 2.24) is 19.9 Å². The maximum atomic E-state index is 13.1. The van der Waals surface area contributed by atoms with Crippen molar-refractivity contribution in [3.05, 3.63) is 88.9 Å². The predicted molar refractivity (Wildman–Crippen MR) is 159 cm³/mol.